The third-order valence-corrected chi connectivity index (χ3v) is 2.92. The summed E-state index contributed by atoms with van der Waals surface area (Å²) in [5, 5.41) is 2.64. The van der Waals surface area contributed by atoms with Crippen molar-refractivity contribution < 1.29 is 13.6 Å². The van der Waals surface area contributed by atoms with Crippen molar-refractivity contribution in [2.45, 2.75) is 13.3 Å². The zero-order valence-electron chi connectivity index (χ0n) is 10.9. The number of amides is 1. The Bertz CT molecular complexity index is 650. The van der Waals surface area contributed by atoms with Gasteiger partial charge in [-0.3, -0.25) is 4.79 Å². The molecule has 0 saturated carbocycles. The molecular formula is C15H14F2N2O. The molecule has 0 fully saturated rings. The lowest BCUT2D eigenvalue weighted by Crippen LogP contribution is -2.16. The van der Waals surface area contributed by atoms with E-state index >= 15 is 0 Å². The van der Waals surface area contributed by atoms with Crippen LogP contribution in [-0.2, 0) is 11.2 Å². The smallest absolute Gasteiger partial charge is 0.228 e. The van der Waals surface area contributed by atoms with Crippen LogP contribution in [0.4, 0.5) is 20.2 Å². The van der Waals surface area contributed by atoms with E-state index in [1.165, 1.54) is 12.1 Å². The molecule has 0 heterocycles. The highest BCUT2D eigenvalue weighted by Crippen LogP contribution is 2.19. The number of hydrogen-bond acceptors (Lipinski definition) is 2. The summed E-state index contributed by atoms with van der Waals surface area (Å²) in [6.07, 6.45) is -0.238. The number of aryl methyl sites for hydroxylation is 1. The quantitative estimate of drug-likeness (QED) is 0.847. The van der Waals surface area contributed by atoms with Crippen molar-refractivity contribution in [2.24, 2.45) is 0 Å². The van der Waals surface area contributed by atoms with Gasteiger partial charge in [-0.25, -0.2) is 8.78 Å². The van der Waals surface area contributed by atoms with Crippen LogP contribution in [0.1, 0.15) is 11.1 Å². The second-order valence-electron chi connectivity index (χ2n) is 4.51. The molecule has 5 heteroatoms. The second-order valence-corrected chi connectivity index (χ2v) is 4.51. The predicted octanol–water partition coefficient (Wildman–Crippen LogP) is 3.04. The molecule has 1 amide bonds. The largest absolute Gasteiger partial charge is 0.399 e. The Morgan fingerprint density at radius 1 is 1.25 bits per heavy atom. The molecular weight excluding hydrogens is 262 g/mol. The van der Waals surface area contributed by atoms with Gasteiger partial charge in [0, 0.05) is 16.9 Å². The minimum absolute atomic E-state index is 0.0176. The average molecular weight is 276 g/mol. The summed E-state index contributed by atoms with van der Waals surface area (Å²) >= 11 is 0. The summed E-state index contributed by atoms with van der Waals surface area (Å²) in [6.45, 7) is 1.82. The van der Waals surface area contributed by atoms with Crippen molar-refractivity contribution in [3.63, 3.8) is 0 Å². The lowest BCUT2D eigenvalue weighted by Gasteiger charge is -2.09. The van der Waals surface area contributed by atoms with Crippen LogP contribution in [0, 0.1) is 18.6 Å². The first kappa shape index (κ1) is 14.0. The van der Waals surface area contributed by atoms with Gasteiger partial charge in [0.2, 0.25) is 5.91 Å². The molecule has 20 heavy (non-hydrogen) atoms. The van der Waals surface area contributed by atoms with Crippen molar-refractivity contribution in [1.82, 2.24) is 0 Å². The number of carbonyl (C=O) groups excluding carboxylic acids is 1. The van der Waals surface area contributed by atoms with Crippen LogP contribution in [0.2, 0.25) is 0 Å². The number of rotatable bonds is 3. The van der Waals surface area contributed by atoms with E-state index in [4.69, 9.17) is 5.73 Å². The van der Waals surface area contributed by atoms with Crippen LogP contribution in [-0.4, -0.2) is 5.91 Å². The number of anilines is 2. The van der Waals surface area contributed by atoms with Gasteiger partial charge >= 0.3 is 0 Å². The molecule has 0 aliphatic carbocycles. The van der Waals surface area contributed by atoms with E-state index in [1.807, 2.05) is 6.92 Å². The van der Waals surface area contributed by atoms with Crippen molar-refractivity contribution in [2.75, 3.05) is 11.1 Å². The van der Waals surface area contributed by atoms with Crippen LogP contribution in [0.15, 0.2) is 36.4 Å². The van der Waals surface area contributed by atoms with Gasteiger partial charge in [0.1, 0.15) is 0 Å². The van der Waals surface area contributed by atoms with E-state index in [0.29, 0.717) is 11.4 Å². The van der Waals surface area contributed by atoms with Crippen molar-refractivity contribution in [3.8, 4) is 0 Å². The van der Waals surface area contributed by atoms with E-state index in [1.54, 1.807) is 18.2 Å². The highest BCUT2D eigenvalue weighted by Gasteiger charge is 2.12. The Kier molecular flexibility index (Phi) is 3.98. The van der Waals surface area contributed by atoms with Crippen LogP contribution in [0.25, 0.3) is 0 Å². The molecule has 0 atom stereocenters. The van der Waals surface area contributed by atoms with Crippen LogP contribution < -0.4 is 11.1 Å². The highest BCUT2D eigenvalue weighted by atomic mass is 19.2. The first-order valence-corrected chi connectivity index (χ1v) is 6.06. The van der Waals surface area contributed by atoms with E-state index in [9.17, 15) is 13.6 Å². The zero-order valence-corrected chi connectivity index (χ0v) is 10.9. The fourth-order valence-electron chi connectivity index (χ4n) is 1.83. The zero-order chi connectivity index (χ0) is 14.7. The monoisotopic (exact) mass is 276 g/mol. The van der Waals surface area contributed by atoms with Gasteiger partial charge < -0.3 is 11.1 Å². The minimum atomic E-state index is -0.994. The summed E-state index contributed by atoms with van der Waals surface area (Å²) < 4.78 is 26.5. The maximum Gasteiger partial charge on any atom is 0.228 e. The number of nitrogen functional groups attached to an aromatic ring is 1. The summed E-state index contributed by atoms with van der Waals surface area (Å²) in [5.41, 5.74) is 7.57. The van der Waals surface area contributed by atoms with E-state index in [0.717, 1.165) is 11.6 Å². The summed E-state index contributed by atoms with van der Waals surface area (Å²) in [5.74, 6) is -2.38. The maximum absolute atomic E-state index is 13.5. The molecule has 0 aliphatic heterocycles. The maximum atomic E-state index is 13.5. The first-order chi connectivity index (χ1) is 9.47. The SMILES string of the molecule is Cc1ccc(N)cc1NC(=O)Cc1cccc(F)c1F. The molecule has 0 spiro atoms. The molecule has 0 unspecified atom stereocenters. The lowest BCUT2D eigenvalue weighted by atomic mass is 10.1. The minimum Gasteiger partial charge on any atom is -0.399 e. The van der Waals surface area contributed by atoms with Gasteiger partial charge in [0.25, 0.3) is 0 Å². The van der Waals surface area contributed by atoms with Gasteiger partial charge in [0.05, 0.1) is 6.42 Å². The van der Waals surface area contributed by atoms with Gasteiger partial charge in [0.15, 0.2) is 11.6 Å². The van der Waals surface area contributed by atoms with Crippen LogP contribution in [0.5, 0.6) is 0 Å². The second kappa shape index (κ2) is 5.69. The highest BCUT2D eigenvalue weighted by molar-refractivity contribution is 5.93. The number of halogens is 2. The van der Waals surface area contributed by atoms with E-state index in [-0.39, 0.29) is 12.0 Å². The topological polar surface area (TPSA) is 55.1 Å². The van der Waals surface area contributed by atoms with Gasteiger partial charge in [-0.15, -0.1) is 0 Å². The molecule has 104 valence electrons. The van der Waals surface area contributed by atoms with Crippen molar-refractivity contribution >= 4 is 17.3 Å². The molecule has 0 aliphatic rings. The average Bonchev–Trinajstić information content (AvgIpc) is 2.39. The molecule has 2 rings (SSSR count). The summed E-state index contributed by atoms with van der Waals surface area (Å²) in [7, 11) is 0. The molecule has 0 radical (unpaired) electrons. The van der Waals surface area contributed by atoms with Crippen LogP contribution in [0.3, 0.4) is 0 Å². The Morgan fingerprint density at radius 3 is 2.75 bits per heavy atom. The van der Waals surface area contributed by atoms with Gasteiger partial charge in [-0.2, -0.15) is 0 Å². The number of nitrogens with one attached hydrogen (secondary N) is 1. The summed E-state index contributed by atoms with van der Waals surface area (Å²) in [6, 6.07) is 8.87. The Morgan fingerprint density at radius 2 is 2.00 bits per heavy atom. The first-order valence-electron chi connectivity index (χ1n) is 6.06. The van der Waals surface area contributed by atoms with Crippen molar-refractivity contribution in [3.05, 3.63) is 59.2 Å². The van der Waals surface area contributed by atoms with Gasteiger partial charge in [-0.1, -0.05) is 18.2 Å². The third-order valence-electron chi connectivity index (χ3n) is 2.92. The normalized spacial score (nSPS) is 10.3. The lowest BCUT2D eigenvalue weighted by molar-refractivity contribution is -0.115. The van der Waals surface area contributed by atoms with Crippen LogP contribution >= 0.6 is 0 Å². The standard InChI is InChI=1S/C15H14F2N2O/c1-9-5-6-11(18)8-13(9)19-14(20)7-10-3-2-4-12(16)15(10)17/h2-6,8H,7,18H2,1H3,(H,19,20). The molecule has 0 aromatic heterocycles. The molecule has 0 saturated heterocycles. The molecule has 3 nitrogen and oxygen atoms in total. The van der Waals surface area contributed by atoms with Gasteiger partial charge in [-0.05, 0) is 30.7 Å². The molecule has 3 N–H and O–H groups in total. The van der Waals surface area contributed by atoms with E-state index in [2.05, 4.69) is 5.32 Å². The molecule has 2 aromatic rings. The third kappa shape index (κ3) is 3.12. The Hall–Kier alpha value is -2.43. The van der Waals surface area contributed by atoms with E-state index < -0.39 is 17.5 Å². The number of hydrogen-bond donors (Lipinski definition) is 2. The predicted molar refractivity (Wildman–Crippen MR) is 74.3 cm³/mol. The molecule has 2 aromatic carbocycles. The fraction of sp³-hybridized carbons (Fsp3) is 0.133. The summed E-state index contributed by atoms with van der Waals surface area (Å²) in [4.78, 5) is 11.9. The number of nitrogens with two attached hydrogens (primary N) is 1. The fourth-order valence-corrected chi connectivity index (χ4v) is 1.83. The van der Waals surface area contributed by atoms with Crippen molar-refractivity contribution in [1.29, 1.82) is 0 Å². The number of carbonyl (C=O) groups is 1. The number of benzene rings is 2. The Balaban J connectivity index is 2.13. The molecule has 0 bridgehead atoms. The Labute approximate surface area is 115 Å².